The molecular formula is C18H18N8OS. The standard InChI is InChI=1S/C18H18N8OS/c1-12-9-10-16(27-3)15(11-12)26-18(20-22-24-26)28-13(2)17-19-21-23-25(17)14-7-5-4-6-8-14/h4-11,13H,1-3H3. The number of aryl methyl sites for hydroxylation is 1. The van der Waals surface area contributed by atoms with Gasteiger partial charge in [-0.15, -0.1) is 10.2 Å². The summed E-state index contributed by atoms with van der Waals surface area (Å²) < 4.78 is 8.86. The van der Waals surface area contributed by atoms with Gasteiger partial charge in [-0.1, -0.05) is 36.0 Å². The predicted molar refractivity (Wildman–Crippen MR) is 104 cm³/mol. The molecule has 0 radical (unpaired) electrons. The van der Waals surface area contributed by atoms with Gasteiger partial charge in [-0.25, -0.2) is 0 Å². The number of ether oxygens (including phenoxy) is 1. The van der Waals surface area contributed by atoms with Gasteiger partial charge in [-0.3, -0.25) is 0 Å². The van der Waals surface area contributed by atoms with E-state index in [0.717, 1.165) is 16.9 Å². The average Bonchev–Trinajstić information content (AvgIpc) is 3.38. The molecule has 1 atom stereocenters. The lowest BCUT2D eigenvalue weighted by Crippen LogP contribution is -2.07. The second-order valence-electron chi connectivity index (χ2n) is 6.09. The Hall–Kier alpha value is -3.27. The molecule has 9 nitrogen and oxygen atoms in total. The monoisotopic (exact) mass is 394 g/mol. The first kappa shape index (κ1) is 18.1. The third kappa shape index (κ3) is 3.46. The number of hydrogen-bond donors (Lipinski definition) is 0. The van der Waals surface area contributed by atoms with Crippen LogP contribution in [0.2, 0.25) is 0 Å². The van der Waals surface area contributed by atoms with Gasteiger partial charge in [0.1, 0.15) is 11.4 Å². The molecule has 28 heavy (non-hydrogen) atoms. The Bertz CT molecular complexity index is 1080. The summed E-state index contributed by atoms with van der Waals surface area (Å²) in [5.74, 6) is 1.41. The lowest BCUT2D eigenvalue weighted by molar-refractivity contribution is 0.410. The topological polar surface area (TPSA) is 96.4 Å². The van der Waals surface area contributed by atoms with E-state index in [-0.39, 0.29) is 5.25 Å². The molecule has 0 fully saturated rings. The third-order valence-corrected chi connectivity index (χ3v) is 5.17. The molecule has 1 unspecified atom stereocenters. The van der Waals surface area contributed by atoms with Crippen molar-refractivity contribution < 1.29 is 4.74 Å². The third-order valence-electron chi connectivity index (χ3n) is 4.14. The first-order valence-electron chi connectivity index (χ1n) is 8.61. The van der Waals surface area contributed by atoms with Gasteiger partial charge in [-0.05, 0) is 64.5 Å². The number of rotatable bonds is 6. The molecule has 0 spiro atoms. The van der Waals surface area contributed by atoms with E-state index in [0.29, 0.717) is 16.7 Å². The van der Waals surface area contributed by atoms with Crippen LogP contribution in [0.25, 0.3) is 11.4 Å². The number of para-hydroxylation sites is 1. The molecule has 2 aromatic heterocycles. The molecule has 0 aliphatic carbocycles. The van der Waals surface area contributed by atoms with Crippen molar-refractivity contribution in [2.24, 2.45) is 0 Å². The highest BCUT2D eigenvalue weighted by Gasteiger charge is 2.22. The summed E-state index contributed by atoms with van der Waals surface area (Å²) in [6.07, 6.45) is 0. The molecule has 4 rings (SSSR count). The van der Waals surface area contributed by atoms with Crippen LogP contribution >= 0.6 is 11.8 Å². The zero-order valence-electron chi connectivity index (χ0n) is 15.6. The lowest BCUT2D eigenvalue weighted by atomic mass is 10.2. The van der Waals surface area contributed by atoms with Crippen molar-refractivity contribution in [1.29, 1.82) is 0 Å². The van der Waals surface area contributed by atoms with E-state index < -0.39 is 0 Å². The molecule has 0 saturated heterocycles. The summed E-state index contributed by atoms with van der Waals surface area (Å²) in [6.45, 7) is 4.03. The van der Waals surface area contributed by atoms with Crippen LogP contribution in [0.3, 0.4) is 0 Å². The highest BCUT2D eigenvalue weighted by atomic mass is 32.2. The molecule has 4 aromatic rings. The first-order chi connectivity index (χ1) is 13.7. The van der Waals surface area contributed by atoms with Crippen molar-refractivity contribution in [1.82, 2.24) is 40.4 Å². The van der Waals surface area contributed by atoms with Crippen molar-refractivity contribution in [3.8, 4) is 17.1 Å². The summed E-state index contributed by atoms with van der Waals surface area (Å²) in [5, 5.41) is 24.9. The van der Waals surface area contributed by atoms with Gasteiger partial charge >= 0.3 is 0 Å². The molecule has 2 aromatic carbocycles. The first-order valence-corrected chi connectivity index (χ1v) is 9.49. The summed E-state index contributed by atoms with van der Waals surface area (Å²) in [7, 11) is 1.63. The van der Waals surface area contributed by atoms with Crippen molar-refractivity contribution in [3.63, 3.8) is 0 Å². The van der Waals surface area contributed by atoms with Gasteiger partial charge in [0.15, 0.2) is 5.82 Å². The molecule has 142 valence electrons. The van der Waals surface area contributed by atoms with Crippen LogP contribution in [-0.2, 0) is 0 Å². The molecular weight excluding hydrogens is 376 g/mol. The summed E-state index contributed by atoms with van der Waals surface area (Å²) in [4.78, 5) is 0. The van der Waals surface area contributed by atoms with Gasteiger partial charge in [0.05, 0.1) is 18.0 Å². The Labute approximate surface area is 165 Å². The molecule has 0 aliphatic rings. The van der Waals surface area contributed by atoms with Gasteiger partial charge in [0.25, 0.3) is 0 Å². The summed E-state index contributed by atoms with van der Waals surface area (Å²) in [6, 6.07) is 15.6. The molecule has 0 amide bonds. The van der Waals surface area contributed by atoms with E-state index in [2.05, 4.69) is 31.1 Å². The lowest BCUT2D eigenvalue weighted by Gasteiger charge is -2.13. The van der Waals surface area contributed by atoms with E-state index >= 15 is 0 Å². The maximum atomic E-state index is 5.47. The highest BCUT2D eigenvalue weighted by Crippen LogP contribution is 2.35. The fourth-order valence-electron chi connectivity index (χ4n) is 2.78. The van der Waals surface area contributed by atoms with E-state index in [1.807, 2.05) is 62.4 Å². The Kier molecular flexibility index (Phi) is 5.02. The van der Waals surface area contributed by atoms with Crippen LogP contribution in [0.15, 0.2) is 53.7 Å². The number of hydrogen-bond acceptors (Lipinski definition) is 8. The zero-order chi connectivity index (χ0) is 19.5. The molecule has 10 heteroatoms. The molecule has 0 aliphatic heterocycles. The van der Waals surface area contributed by atoms with Crippen LogP contribution in [-0.4, -0.2) is 47.5 Å². The van der Waals surface area contributed by atoms with Gasteiger partial charge in [0, 0.05) is 0 Å². The number of methoxy groups -OCH3 is 1. The fraction of sp³-hybridized carbons (Fsp3) is 0.222. The van der Waals surface area contributed by atoms with Crippen LogP contribution < -0.4 is 4.74 Å². The van der Waals surface area contributed by atoms with Crippen LogP contribution in [0.4, 0.5) is 0 Å². The van der Waals surface area contributed by atoms with Crippen molar-refractivity contribution in [3.05, 3.63) is 59.9 Å². The smallest absolute Gasteiger partial charge is 0.214 e. The Morgan fingerprint density at radius 3 is 2.50 bits per heavy atom. The number of thioether (sulfide) groups is 1. The van der Waals surface area contributed by atoms with Crippen molar-refractivity contribution in [2.75, 3.05) is 7.11 Å². The van der Waals surface area contributed by atoms with E-state index in [4.69, 9.17) is 4.74 Å². The summed E-state index contributed by atoms with van der Waals surface area (Å²) >= 11 is 1.47. The molecule has 0 saturated carbocycles. The fourth-order valence-corrected chi connectivity index (χ4v) is 3.67. The quantitative estimate of drug-likeness (QED) is 0.461. The molecule has 0 N–H and O–H groups in total. The average molecular weight is 394 g/mol. The van der Waals surface area contributed by atoms with Crippen LogP contribution in [0.5, 0.6) is 5.75 Å². The van der Waals surface area contributed by atoms with Crippen LogP contribution in [0, 0.1) is 6.92 Å². The second-order valence-corrected chi connectivity index (χ2v) is 7.40. The van der Waals surface area contributed by atoms with E-state index in [9.17, 15) is 0 Å². The molecule has 2 heterocycles. The second kappa shape index (κ2) is 7.77. The minimum absolute atomic E-state index is 0.0873. The van der Waals surface area contributed by atoms with Gasteiger partial charge in [0.2, 0.25) is 5.16 Å². The van der Waals surface area contributed by atoms with Gasteiger partial charge < -0.3 is 4.74 Å². The van der Waals surface area contributed by atoms with Crippen molar-refractivity contribution >= 4 is 11.8 Å². The molecule has 0 bridgehead atoms. The largest absolute Gasteiger partial charge is 0.494 e. The van der Waals surface area contributed by atoms with Crippen molar-refractivity contribution in [2.45, 2.75) is 24.3 Å². The number of aromatic nitrogens is 8. The number of tetrazole rings is 2. The maximum absolute atomic E-state index is 5.47. The normalized spacial score (nSPS) is 12.1. The van der Waals surface area contributed by atoms with Crippen LogP contribution in [0.1, 0.15) is 23.6 Å². The Morgan fingerprint density at radius 2 is 1.71 bits per heavy atom. The minimum Gasteiger partial charge on any atom is -0.494 e. The van der Waals surface area contributed by atoms with E-state index in [1.165, 1.54) is 11.8 Å². The highest BCUT2D eigenvalue weighted by molar-refractivity contribution is 7.99. The minimum atomic E-state index is -0.0873. The predicted octanol–water partition coefficient (Wildman–Crippen LogP) is 2.81. The summed E-state index contributed by atoms with van der Waals surface area (Å²) in [5.41, 5.74) is 2.77. The number of benzene rings is 2. The van der Waals surface area contributed by atoms with Gasteiger partial charge in [-0.2, -0.15) is 9.36 Å². The Morgan fingerprint density at radius 1 is 0.964 bits per heavy atom. The zero-order valence-corrected chi connectivity index (χ0v) is 16.4. The maximum Gasteiger partial charge on any atom is 0.214 e. The Balaban J connectivity index is 1.65. The SMILES string of the molecule is COc1ccc(C)cc1-n1nnnc1SC(C)c1nnnn1-c1ccccc1. The van der Waals surface area contributed by atoms with E-state index in [1.54, 1.807) is 16.5 Å². The number of nitrogens with zero attached hydrogens (tertiary/aromatic N) is 8.